The van der Waals surface area contributed by atoms with E-state index in [2.05, 4.69) is 78.3 Å². The number of benzene rings is 2. The van der Waals surface area contributed by atoms with Gasteiger partial charge in [0, 0.05) is 10.9 Å². The Morgan fingerprint density at radius 1 is 0.929 bits per heavy atom. The van der Waals surface area contributed by atoms with Gasteiger partial charge in [-0.15, -0.1) is 28.3 Å². The standard InChI is InChI=1S/C22H25N3OS.BrH/c1-16-4-8-20(9-5-16)23-22-25(24-10-12-26-13-11-24)21(15-27-22)19-7-6-17(2)18(3)14-19;/h4-9,14-15H,10-13H2,1-3H3;1H. The van der Waals surface area contributed by atoms with E-state index < -0.39 is 0 Å². The van der Waals surface area contributed by atoms with Crippen LogP contribution in [0.2, 0.25) is 0 Å². The molecule has 148 valence electrons. The number of aryl methyl sites for hydroxylation is 3. The van der Waals surface area contributed by atoms with E-state index >= 15 is 0 Å². The summed E-state index contributed by atoms with van der Waals surface area (Å²) in [5.74, 6) is 0. The Morgan fingerprint density at radius 3 is 2.32 bits per heavy atom. The molecule has 4 rings (SSSR count). The van der Waals surface area contributed by atoms with Crippen molar-refractivity contribution in [2.24, 2.45) is 4.99 Å². The summed E-state index contributed by atoms with van der Waals surface area (Å²) in [5.41, 5.74) is 7.27. The molecule has 3 aromatic rings. The highest BCUT2D eigenvalue weighted by molar-refractivity contribution is 8.93. The zero-order chi connectivity index (χ0) is 18.8. The molecule has 28 heavy (non-hydrogen) atoms. The van der Waals surface area contributed by atoms with Gasteiger partial charge in [0.1, 0.15) is 0 Å². The highest BCUT2D eigenvalue weighted by Crippen LogP contribution is 2.24. The summed E-state index contributed by atoms with van der Waals surface area (Å²) < 4.78 is 7.84. The van der Waals surface area contributed by atoms with E-state index in [4.69, 9.17) is 9.73 Å². The van der Waals surface area contributed by atoms with Crippen LogP contribution in [-0.2, 0) is 4.74 Å². The van der Waals surface area contributed by atoms with E-state index in [0.717, 1.165) is 36.8 Å². The second-order valence-electron chi connectivity index (χ2n) is 7.03. The largest absolute Gasteiger partial charge is 0.378 e. The van der Waals surface area contributed by atoms with Crippen molar-refractivity contribution in [3.05, 3.63) is 69.3 Å². The van der Waals surface area contributed by atoms with Crippen LogP contribution >= 0.6 is 28.3 Å². The van der Waals surface area contributed by atoms with Crippen LogP contribution in [0, 0.1) is 20.8 Å². The molecule has 1 aliphatic rings. The molecule has 0 atom stereocenters. The van der Waals surface area contributed by atoms with Crippen molar-refractivity contribution in [1.82, 2.24) is 4.68 Å². The third kappa shape index (κ3) is 4.40. The predicted molar refractivity (Wildman–Crippen MR) is 123 cm³/mol. The molecule has 1 aliphatic heterocycles. The Balaban J connectivity index is 0.00000225. The predicted octanol–water partition coefficient (Wildman–Crippen LogP) is 4.92. The Morgan fingerprint density at radius 2 is 1.64 bits per heavy atom. The summed E-state index contributed by atoms with van der Waals surface area (Å²) in [7, 11) is 0. The Labute approximate surface area is 180 Å². The third-order valence-corrected chi connectivity index (χ3v) is 5.83. The molecule has 0 saturated carbocycles. The fourth-order valence-corrected chi connectivity index (χ4v) is 4.16. The molecule has 0 unspecified atom stereocenters. The molecule has 6 heteroatoms. The van der Waals surface area contributed by atoms with Crippen LogP contribution in [0.15, 0.2) is 52.8 Å². The summed E-state index contributed by atoms with van der Waals surface area (Å²) in [4.78, 5) is 5.94. The van der Waals surface area contributed by atoms with Crippen LogP contribution in [0.5, 0.6) is 0 Å². The van der Waals surface area contributed by atoms with Crippen molar-refractivity contribution < 1.29 is 4.74 Å². The summed E-state index contributed by atoms with van der Waals surface area (Å²) in [5, 5.41) is 4.56. The lowest BCUT2D eigenvalue weighted by Gasteiger charge is -2.31. The van der Waals surface area contributed by atoms with Gasteiger partial charge in [0.05, 0.1) is 37.7 Å². The van der Waals surface area contributed by atoms with Gasteiger partial charge in [-0.3, -0.25) is 0 Å². The van der Waals surface area contributed by atoms with Crippen LogP contribution < -0.4 is 9.81 Å². The zero-order valence-corrected chi connectivity index (χ0v) is 19.0. The van der Waals surface area contributed by atoms with Gasteiger partial charge in [0.2, 0.25) is 4.80 Å². The first-order chi connectivity index (χ1) is 13.1. The van der Waals surface area contributed by atoms with Gasteiger partial charge in [-0.05, 0) is 50.1 Å². The minimum absolute atomic E-state index is 0. The summed E-state index contributed by atoms with van der Waals surface area (Å²) in [6.45, 7) is 9.66. The SMILES string of the molecule is Br.Cc1ccc(N=c2scc(-c3ccc(C)c(C)c3)n2N2CCOCC2)cc1. The van der Waals surface area contributed by atoms with Gasteiger partial charge in [-0.2, -0.15) is 0 Å². The fourth-order valence-electron chi connectivity index (χ4n) is 3.23. The molecule has 0 aliphatic carbocycles. The molecule has 1 aromatic heterocycles. The van der Waals surface area contributed by atoms with Crippen LogP contribution in [0.1, 0.15) is 16.7 Å². The molecule has 2 aromatic carbocycles. The first-order valence-electron chi connectivity index (χ1n) is 9.34. The Kier molecular flexibility index (Phi) is 6.75. The number of thiazole rings is 1. The molecule has 1 fully saturated rings. The second kappa shape index (κ2) is 9.07. The van der Waals surface area contributed by atoms with Gasteiger partial charge < -0.3 is 9.75 Å². The van der Waals surface area contributed by atoms with Crippen LogP contribution in [0.3, 0.4) is 0 Å². The topological polar surface area (TPSA) is 29.8 Å². The molecule has 0 amide bonds. The average molecular weight is 460 g/mol. The smallest absolute Gasteiger partial charge is 0.209 e. The Hall–Kier alpha value is -1.89. The van der Waals surface area contributed by atoms with Gasteiger partial charge >= 0.3 is 0 Å². The van der Waals surface area contributed by atoms with Crippen molar-refractivity contribution in [3.63, 3.8) is 0 Å². The monoisotopic (exact) mass is 459 g/mol. The first kappa shape index (κ1) is 20.8. The Bertz CT molecular complexity index is 1000. The van der Waals surface area contributed by atoms with Gasteiger partial charge in [0.25, 0.3) is 0 Å². The van der Waals surface area contributed by atoms with Gasteiger partial charge in [-0.25, -0.2) is 9.67 Å². The molecule has 4 nitrogen and oxygen atoms in total. The minimum Gasteiger partial charge on any atom is -0.378 e. The van der Waals surface area contributed by atoms with E-state index in [1.54, 1.807) is 11.3 Å². The number of nitrogens with zero attached hydrogens (tertiary/aromatic N) is 3. The molecule has 0 spiro atoms. The normalized spacial score (nSPS) is 14.8. The van der Waals surface area contributed by atoms with Crippen molar-refractivity contribution in [1.29, 1.82) is 0 Å². The van der Waals surface area contributed by atoms with Gasteiger partial charge in [-0.1, -0.05) is 29.8 Å². The molecule has 1 saturated heterocycles. The van der Waals surface area contributed by atoms with E-state index in [1.165, 1.54) is 27.9 Å². The van der Waals surface area contributed by atoms with Crippen LogP contribution in [-0.4, -0.2) is 31.0 Å². The number of ether oxygens (including phenoxy) is 1. The molecule has 0 bridgehead atoms. The molecular formula is C22H26BrN3OS. The van der Waals surface area contributed by atoms with Crippen LogP contribution in [0.4, 0.5) is 5.69 Å². The number of morpholine rings is 1. The van der Waals surface area contributed by atoms with E-state index in [0.29, 0.717) is 0 Å². The second-order valence-corrected chi connectivity index (χ2v) is 7.86. The average Bonchev–Trinajstić information content (AvgIpc) is 3.10. The fraction of sp³-hybridized carbons (Fsp3) is 0.318. The van der Waals surface area contributed by atoms with Crippen molar-refractivity contribution in [2.75, 3.05) is 31.3 Å². The molecule has 0 radical (unpaired) electrons. The highest BCUT2D eigenvalue weighted by Gasteiger charge is 2.17. The summed E-state index contributed by atoms with van der Waals surface area (Å²) in [6.07, 6.45) is 0. The van der Waals surface area contributed by atoms with E-state index in [9.17, 15) is 0 Å². The van der Waals surface area contributed by atoms with Gasteiger partial charge in [0.15, 0.2) is 0 Å². The van der Waals surface area contributed by atoms with Crippen molar-refractivity contribution in [3.8, 4) is 11.3 Å². The molecule has 2 heterocycles. The maximum absolute atomic E-state index is 5.57. The lowest BCUT2D eigenvalue weighted by atomic mass is 10.1. The quantitative estimate of drug-likeness (QED) is 0.556. The number of rotatable bonds is 3. The number of hydrogen-bond acceptors (Lipinski definition) is 4. The summed E-state index contributed by atoms with van der Waals surface area (Å²) in [6, 6.07) is 15.0. The van der Waals surface area contributed by atoms with E-state index in [1.807, 2.05) is 0 Å². The number of aromatic nitrogens is 1. The van der Waals surface area contributed by atoms with Crippen molar-refractivity contribution >= 4 is 34.0 Å². The maximum atomic E-state index is 5.57. The van der Waals surface area contributed by atoms with Crippen LogP contribution in [0.25, 0.3) is 11.3 Å². The lowest BCUT2D eigenvalue weighted by Crippen LogP contribution is -2.48. The summed E-state index contributed by atoms with van der Waals surface area (Å²) >= 11 is 1.69. The minimum atomic E-state index is 0. The molecular weight excluding hydrogens is 434 g/mol. The zero-order valence-electron chi connectivity index (χ0n) is 16.5. The number of hydrogen-bond donors (Lipinski definition) is 0. The number of halogens is 1. The third-order valence-electron chi connectivity index (χ3n) is 5.02. The highest BCUT2D eigenvalue weighted by atomic mass is 79.9. The van der Waals surface area contributed by atoms with Crippen molar-refractivity contribution in [2.45, 2.75) is 20.8 Å². The maximum Gasteiger partial charge on any atom is 0.209 e. The molecule has 0 N–H and O–H groups in total. The van der Waals surface area contributed by atoms with E-state index in [-0.39, 0.29) is 17.0 Å². The lowest BCUT2D eigenvalue weighted by molar-refractivity contribution is 0.111. The first-order valence-corrected chi connectivity index (χ1v) is 10.2.